The van der Waals surface area contributed by atoms with Gasteiger partial charge in [-0.1, -0.05) is 6.92 Å². The van der Waals surface area contributed by atoms with Gasteiger partial charge in [-0.2, -0.15) is 0 Å². The van der Waals surface area contributed by atoms with Gasteiger partial charge in [-0.25, -0.2) is 9.78 Å². The number of aryl methyl sites for hydroxylation is 1. The Bertz CT molecular complexity index is 486. The zero-order valence-corrected chi connectivity index (χ0v) is 11.6. The van der Waals surface area contributed by atoms with Crippen LogP contribution in [0.2, 0.25) is 0 Å². The molecule has 5 nitrogen and oxygen atoms in total. The predicted molar refractivity (Wildman–Crippen MR) is 72.8 cm³/mol. The van der Waals surface area contributed by atoms with Crippen LogP contribution in [0.1, 0.15) is 36.8 Å². The maximum Gasteiger partial charge on any atom is 0.335 e. The molecule has 1 N–H and O–H groups in total. The fourth-order valence-electron chi connectivity index (χ4n) is 2.25. The van der Waals surface area contributed by atoms with Crippen LogP contribution in [0.4, 0.5) is 5.82 Å². The molecule has 19 heavy (non-hydrogen) atoms. The van der Waals surface area contributed by atoms with Crippen LogP contribution in [0, 0.1) is 0 Å². The number of nitrogens with zero attached hydrogens (tertiary/aromatic N) is 2. The fraction of sp³-hybridized carbons (Fsp3) is 0.571. The summed E-state index contributed by atoms with van der Waals surface area (Å²) in [6.45, 7) is 8.12. The SMILES string of the molecule is CCc1cc(C(=O)O)cc(N2CCOC(C)(C)C2)n1. The third-order valence-corrected chi connectivity index (χ3v) is 3.22. The van der Waals surface area contributed by atoms with Crippen molar-refractivity contribution in [3.8, 4) is 0 Å². The molecule has 0 aliphatic carbocycles. The molecule has 1 aromatic heterocycles. The number of hydrogen-bond acceptors (Lipinski definition) is 4. The second-order valence-corrected chi connectivity index (χ2v) is 5.39. The van der Waals surface area contributed by atoms with Crippen LogP contribution in [0.25, 0.3) is 0 Å². The lowest BCUT2D eigenvalue weighted by molar-refractivity contribution is -0.0279. The molecule has 5 heteroatoms. The smallest absolute Gasteiger partial charge is 0.335 e. The number of anilines is 1. The molecule has 0 atom stereocenters. The Morgan fingerprint density at radius 3 is 2.84 bits per heavy atom. The van der Waals surface area contributed by atoms with Crippen LogP contribution >= 0.6 is 0 Å². The monoisotopic (exact) mass is 264 g/mol. The van der Waals surface area contributed by atoms with E-state index in [1.54, 1.807) is 12.1 Å². The minimum atomic E-state index is -0.911. The molecule has 0 amide bonds. The molecule has 1 aliphatic rings. The van der Waals surface area contributed by atoms with Gasteiger partial charge in [0.15, 0.2) is 0 Å². The van der Waals surface area contributed by atoms with Gasteiger partial charge in [0.2, 0.25) is 0 Å². The van der Waals surface area contributed by atoms with Gasteiger partial charge in [-0.15, -0.1) is 0 Å². The lowest BCUT2D eigenvalue weighted by atomic mass is 10.1. The van der Waals surface area contributed by atoms with E-state index in [9.17, 15) is 4.79 Å². The number of pyridine rings is 1. The summed E-state index contributed by atoms with van der Waals surface area (Å²) in [4.78, 5) is 17.8. The first kappa shape index (κ1) is 13.8. The summed E-state index contributed by atoms with van der Waals surface area (Å²) in [7, 11) is 0. The minimum Gasteiger partial charge on any atom is -0.478 e. The standard InChI is InChI=1S/C14H20N2O3/c1-4-11-7-10(13(17)18)8-12(15-11)16-5-6-19-14(2,3)9-16/h7-8H,4-6,9H2,1-3H3,(H,17,18). The van der Waals surface area contributed by atoms with Crippen LogP contribution in [0.5, 0.6) is 0 Å². The van der Waals surface area contributed by atoms with Gasteiger partial charge < -0.3 is 14.7 Å². The molecule has 0 unspecified atom stereocenters. The van der Waals surface area contributed by atoms with Crippen LogP contribution in [0.3, 0.4) is 0 Å². The van der Waals surface area contributed by atoms with Gasteiger partial charge in [0.25, 0.3) is 0 Å². The van der Waals surface area contributed by atoms with Gasteiger partial charge in [0.05, 0.1) is 17.8 Å². The third-order valence-electron chi connectivity index (χ3n) is 3.22. The molecule has 2 heterocycles. The number of hydrogen-bond donors (Lipinski definition) is 1. The Labute approximate surface area is 113 Å². The number of rotatable bonds is 3. The topological polar surface area (TPSA) is 62.7 Å². The van der Waals surface area contributed by atoms with Crippen LogP contribution in [-0.4, -0.2) is 41.4 Å². The Hall–Kier alpha value is -1.62. The van der Waals surface area contributed by atoms with Gasteiger partial charge in [0.1, 0.15) is 5.82 Å². The number of carbonyl (C=O) groups is 1. The summed E-state index contributed by atoms with van der Waals surface area (Å²) in [6.07, 6.45) is 0.724. The number of morpholine rings is 1. The van der Waals surface area contributed by atoms with Crippen molar-refractivity contribution < 1.29 is 14.6 Å². The second-order valence-electron chi connectivity index (χ2n) is 5.39. The molecule has 2 rings (SSSR count). The van der Waals surface area contributed by atoms with E-state index in [4.69, 9.17) is 9.84 Å². The summed E-state index contributed by atoms with van der Waals surface area (Å²) in [5.74, 6) is -0.181. The highest BCUT2D eigenvalue weighted by Crippen LogP contribution is 2.23. The molecule has 0 radical (unpaired) electrons. The molecule has 0 bridgehead atoms. The van der Waals surface area contributed by atoms with E-state index in [-0.39, 0.29) is 5.60 Å². The molecule has 0 aromatic carbocycles. The van der Waals surface area contributed by atoms with Crippen molar-refractivity contribution in [3.63, 3.8) is 0 Å². The van der Waals surface area contributed by atoms with Crippen molar-refractivity contribution in [2.75, 3.05) is 24.6 Å². The van der Waals surface area contributed by atoms with Crippen molar-refractivity contribution in [1.29, 1.82) is 0 Å². The van der Waals surface area contributed by atoms with Crippen molar-refractivity contribution in [1.82, 2.24) is 4.98 Å². The highest BCUT2D eigenvalue weighted by atomic mass is 16.5. The van der Waals surface area contributed by atoms with Crippen LogP contribution < -0.4 is 4.90 Å². The van der Waals surface area contributed by atoms with E-state index in [1.165, 1.54) is 0 Å². The highest BCUT2D eigenvalue weighted by molar-refractivity contribution is 5.88. The highest BCUT2D eigenvalue weighted by Gasteiger charge is 2.28. The summed E-state index contributed by atoms with van der Waals surface area (Å²) in [5.41, 5.74) is 0.872. The van der Waals surface area contributed by atoms with Crippen LogP contribution in [0.15, 0.2) is 12.1 Å². The number of ether oxygens (including phenoxy) is 1. The zero-order valence-electron chi connectivity index (χ0n) is 11.6. The number of carboxylic acid groups (broad SMARTS) is 1. The van der Waals surface area contributed by atoms with E-state index >= 15 is 0 Å². The van der Waals surface area contributed by atoms with Crippen LogP contribution in [-0.2, 0) is 11.2 Å². The molecule has 0 saturated carbocycles. The summed E-state index contributed by atoms with van der Waals surface area (Å²) in [6, 6.07) is 3.28. The van der Waals surface area contributed by atoms with Gasteiger partial charge in [0, 0.05) is 18.8 Å². The van der Waals surface area contributed by atoms with E-state index in [0.717, 1.165) is 24.5 Å². The first-order valence-corrected chi connectivity index (χ1v) is 6.54. The largest absolute Gasteiger partial charge is 0.478 e. The van der Waals surface area contributed by atoms with E-state index in [2.05, 4.69) is 9.88 Å². The average molecular weight is 264 g/mol. The molecule has 1 saturated heterocycles. The Morgan fingerprint density at radius 2 is 2.26 bits per heavy atom. The summed E-state index contributed by atoms with van der Waals surface area (Å²) in [5, 5.41) is 9.16. The van der Waals surface area contributed by atoms with Crippen molar-refractivity contribution in [2.45, 2.75) is 32.8 Å². The van der Waals surface area contributed by atoms with E-state index in [1.807, 2.05) is 20.8 Å². The van der Waals surface area contributed by atoms with Gasteiger partial charge in [-0.05, 0) is 32.4 Å². The molecular formula is C14H20N2O3. The van der Waals surface area contributed by atoms with Crippen molar-refractivity contribution in [3.05, 3.63) is 23.4 Å². The maximum atomic E-state index is 11.2. The van der Waals surface area contributed by atoms with E-state index in [0.29, 0.717) is 18.7 Å². The second kappa shape index (κ2) is 5.17. The molecule has 0 spiro atoms. The zero-order chi connectivity index (χ0) is 14.0. The van der Waals surface area contributed by atoms with Crippen molar-refractivity contribution >= 4 is 11.8 Å². The third kappa shape index (κ3) is 3.23. The minimum absolute atomic E-state index is 0.231. The summed E-state index contributed by atoms with van der Waals surface area (Å²) < 4.78 is 5.67. The molecular weight excluding hydrogens is 244 g/mol. The fourth-order valence-corrected chi connectivity index (χ4v) is 2.25. The molecule has 104 valence electrons. The van der Waals surface area contributed by atoms with E-state index < -0.39 is 5.97 Å². The molecule has 1 aliphatic heterocycles. The number of carboxylic acids is 1. The quantitative estimate of drug-likeness (QED) is 0.904. The Kier molecular flexibility index (Phi) is 3.75. The van der Waals surface area contributed by atoms with Gasteiger partial charge >= 0.3 is 5.97 Å². The lowest BCUT2D eigenvalue weighted by Gasteiger charge is -2.39. The maximum absolute atomic E-state index is 11.2. The first-order valence-electron chi connectivity index (χ1n) is 6.54. The van der Waals surface area contributed by atoms with Crippen molar-refractivity contribution in [2.24, 2.45) is 0 Å². The summed E-state index contributed by atoms with van der Waals surface area (Å²) >= 11 is 0. The molecule has 1 aromatic rings. The van der Waals surface area contributed by atoms with Gasteiger partial charge in [-0.3, -0.25) is 0 Å². The Balaban J connectivity index is 2.33. The number of aromatic nitrogens is 1. The Morgan fingerprint density at radius 1 is 1.53 bits per heavy atom. The first-order chi connectivity index (χ1) is 8.91. The lowest BCUT2D eigenvalue weighted by Crippen LogP contribution is -2.48. The predicted octanol–water partition coefficient (Wildman–Crippen LogP) is 1.96. The normalized spacial score (nSPS) is 18.4. The number of aromatic carboxylic acids is 1. The molecule has 1 fully saturated rings. The average Bonchev–Trinajstić information content (AvgIpc) is 2.37.